The maximum Gasteiger partial charge on any atom is 0.107 e. The van der Waals surface area contributed by atoms with Crippen LogP contribution >= 0.6 is 22.9 Å². The Balaban J connectivity index is 2.46. The van der Waals surface area contributed by atoms with E-state index in [4.69, 9.17) is 11.6 Å². The van der Waals surface area contributed by atoms with Crippen LogP contribution in [0.2, 0.25) is 0 Å². The number of aliphatic hydroxyl groups is 2. The van der Waals surface area contributed by atoms with Gasteiger partial charge in [-0.25, -0.2) is 0 Å². The highest BCUT2D eigenvalue weighted by molar-refractivity contribution is 7.17. The molecule has 2 aromatic rings. The number of aliphatic hydroxyl groups excluding tert-OH is 2. The highest BCUT2D eigenvalue weighted by Crippen LogP contribution is 2.29. The Kier molecular flexibility index (Phi) is 3.26. The van der Waals surface area contributed by atoms with E-state index in [9.17, 15) is 10.2 Å². The Bertz CT molecular complexity index is 455. The van der Waals surface area contributed by atoms with Crippen molar-refractivity contribution in [2.24, 2.45) is 0 Å². The van der Waals surface area contributed by atoms with Crippen LogP contribution in [0, 0.1) is 0 Å². The topological polar surface area (TPSA) is 40.5 Å². The lowest BCUT2D eigenvalue weighted by atomic mass is 10.0. The van der Waals surface area contributed by atoms with Gasteiger partial charge in [0.2, 0.25) is 0 Å². The van der Waals surface area contributed by atoms with Gasteiger partial charge in [0.05, 0.1) is 12.0 Å². The molecular formula is C11H11ClO2S. The number of hydrogen-bond acceptors (Lipinski definition) is 3. The van der Waals surface area contributed by atoms with Gasteiger partial charge in [-0.15, -0.1) is 22.9 Å². The van der Waals surface area contributed by atoms with Crippen LogP contribution in [-0.2, 0) is 0 Å². The number of rotatable bonds is 3. The molecule has 2 nitrogen and oxygen atoms in total. The third-order valence-electron chi connectivity index (χ3n) is 2.37. The zero-order valence-electron chi connectivity index (χ0n) is 7.93. The maximum atomic E-state index is 9.88. The summed E-state index contributed by atoms with van der Waals surface area (Å²) in [6.07, 6.45) is -1.84. The Morgan fingerprint density at radius 3 is 2.80 bits per heavy atom. The Labute approximate surface area is 96.7 Å². The van der Waals surface area contributed by atoms with Crippen molar-refractivity contribution in [1.82, 2.24) is 0 Å². The molecule has 0 bridgehead atoms. The van der Waals surface area contributed by atoms with E-state index in [1.165, 1.54) is 0 Å². The van der Waals surface area contributed by atoms with Gasteiger partial charge in [0.25, 0.3) is 0 Å². The molecule has 2 atom stereocenters. The fourth-order valence-electron chi connectivity index (χ4n) is 1.57. The van der Waals surface area contributed by atoms with E-state index >= 15 is 0 Å². The summed E-state index contributed by atoms with van der Waals surface area (Å²) in [6, 6.07) is 7.62. The summed E-state index contributed by atoms with van der Waals surface area (Å²) in [5, 5.41) is 22.3. The Morgan fingerprint density at radius 1 is 1.27 bits per heavy atom. The first kappa shape index (κ1) is 10.9. The molecule has 0 spiro atoms. The van der Waals surface area contributed by atoms with Gasteiger partial charge in [-0.2, -0.15) is 0 Å². The lowest BCUT2D eigenvalue weighted by molar-refractivity contribution is 0.0336. The largest absolute Gasteiger partial charge is 0.389 e. The van der Waals surface area contributed by atoms with E-state index < -0.39 is 12.2 Å². The predicted molar refractivity (Wildman–Crippen MR) is 63.5 cm³/mol. The minimum absolute atomic E-state index is 0.0295. The molecule has 2 N–H and O–H groups in total. The van der Waals surface area contributed by atoms with E-state index in [1.54, 1.807) is 11.3 Å². The molecule has 4 heteroatoms. The molecule has 0 amide bonds. The molecule has 1 heterocycles. The number of halogens is 1. The van der Waals surface area contributed by atoms with Gasteiger partial charge < -0.3 is 10.2 Å². The van der Waals surface area contributed by atoms with Gasteiger partial charge in [-0.1, -0.05) is 12.1 Å². The average molecular weight is 243 g/mol. The first-order valence-corrected chi connectivity index (χ1v) is 6.03. The number of benzene rings is 1. The van der Waals surface area contributed by atoms with Crippen molar-refractivity contribution < 1.29 is 10.2 Å². The summed E-state index contributed by atoms with van der Waals surface area (Å²) in [5.74, 6) is 0.0295. The van der Waals surface area contributed by atoms with Gasteiger partial charge in [-0.3, -0.25) is 0 Å². The summed E-state index contributed by atoms with van der Waals surface area (Å²) in [4.78, 5) is 0. The molecule has 2 unspecified atom stereocenters. The lowest BCUT2D eigenvalue weighted by Gasteiger charge is -2.16. The van der Waals surface area contributed by atoms with E-state index in [0.29, 0.717) is 0 Å². The van der Waals surface area contributed by atoms with Crippen molar-refractivity contribution in [3.63, 3.8) is 0 Å². The molecule has 0 saturated heterocycles. The highest BCUT2D eigenvalue weighted by atomic mass is 35.5. The van der Waals surface area contributed by atoms with Crippen LogP contribution in [0.5, 0.6) is 0 Å². The molecule has 0 aliphatic rings. The molecule has 0 radical (unpaired) electrons. The quantitative estimate of drug-likeness (QED) is 0.812. The molecule has 80 valence electrons. The van der Waals surface area contributed by atoms with Gasteiger partial charge in [0.15, 0.2) is 0 Å². The first-order chi connectivity index (χ1) is 7.24. The van der Waals surface area contributed by atoms with Gasteiger partial charge in [0, 0.05) is 4.70 Å². The minimum atomic E-state index is -0.919. The smallest absolute Gasteiger partial charge is 0.107 e. The third-order valence-corrected chi connectivity index (χ3v) is 3.57. The average Bonchev–Trinajstić information content (AvgIpc) is 2.74. The molecule has 0 aliphatic heterocycles. The SMILES string of the molecule is OC(CCl)C(O)c1cccc2sccc12. The van der Waals surface area contributed by atoms with Crippen LogP contribution in [-0.4, -0.2) is 22.2 Å². The first-order valence-electron chi connectivity index (χ1n) is 4.62. The zero-order valence-corrected chi connectivity index (χ0v) is 9.50. The monoisotopic (exact) mass is 242 g/mol. The molecular weight excluding hydrogens is 232 g/mol. The Morgan fingerprint density at radius 2 is 2.07 bits per heavy atom. The van der Waals surface area contributed by atoms with Crippen LogP contribution in [0.25, 0.3) is 10.1 Å². The standard InChI is InChI=1S/C11H11ClO2S/c12-6-9(13)11(14)8-2-1-3-10-7(8)4-5-15-10/h1-5,9,11,13-14H,6H2. The van der Waals surface area contributed by atoms with E-state index in [2.05, 4.69) is 0 Å². The Hall–Kier alpha value is -0.610. The predicted octanol–water partition coefficient (Wildman–Crippen LogP) is 2.53. The fraction of sp³-hybridized carbons (Fsp3) is 0.273. The van der Waals surface area contributed by atoms with Crippen LogP contribution < -0.4 is 0 Å². The molecule has 0 aliphatic carbocycles. The molecule has 1 aromatic heterocycles. The zero-order chi connectivity index (χ0) is 10.8. The van der Waals surface area contributed by atoms with E-state index in [0.717, 1.165) is 15.6 Å². The second-order valence-electron chi connectivity index (χ2n) is 3.35. The van der Waals surface area contributed by atoms with E-state index in [1.807, 2.05) is 29.6 Å². The number of fused-ring (bicyclic) bond motifs is 1. The van der Waals surface area contributed by atoms with Crippen molar-refractivity contribution in [3.8, 4) is 0 Å². The second kappa shape index (κ2) is 4.49. The summed E-state index contributed by atoms with van der Waals surface area (Å²) in [5.41, 5.74) is 0.738. The molecule has 1 aromatic carbocycles. The summed E-state index contributed by atoms with van der Waals surface area (Å²) >= 11 is 7.13. The molecule has 15 heavy (non-hydrogen) atoms. The van der Waals surface area contributed by atoms with Crippen molar-refractivity contribution in [3.05, 3.63) is 35.2 Å². The fourth-order valence-corrected chi connectivity index (χ4v) is 2.56. The van der Waals surface area contributed by atoms with Gasteiger partial charge in [0.1, 0.15) is 6.10 Å². The summed E-state index contributed by atoms with van der Waals surface area (Å²) in [7, 11) is 0. The second-order valence-corrected chi connectivity index (χ2v) is 4.60. The minimum Gasteiger partial charge on any atom is -0.389 e. The summed E-state index contributed by atoms with van der Waals surface area (Å²) < 4.78 is 1.10. The summed E-state index contributed by atoms with van der Waals surface area (Å²) in [6.45, 7) is 0. The molecule has 0 saturated carbocycles. The highest BCUT2D eigenvalue weighted by Gasteiger charge is 2.19. The molecule has 2 rings (SSSR count). The normalized spacial score (nSPS) is 15.4. The third kappa shape index (κ3) is 2.01. The lowest BCUT2D eigenvalue weighted by Crippen LogP contribution is -2.19. The van der Waals surface area contributed by atoms with Crippen LogP contribution in [0.4, 0.5) is 0 Å². The van der Waals surface area contributed by atoms with Gasteiger partial charge in [-0.05, 0) is 28.5 Å². The van der Waals surface area contributed by atoms with Crippen LogP contribution in [0.1, 0.15) is 11.7 Å². The number of alkyl halides is 1. The number of thiophene rings is 1. The maximum absolute atomic E-state index is 9.88. The van der Waals surface area contributed by atoms with Crippen molar-refractivity contribution in [2.75, 3.05) is 5.88 Å². The van der Waals surface area contributed by atoms with Crippen molar-refractivity contribution in [2.45, 2.75) is 12.2 Å². The van der Waals surface area contributed by atoms with E-state index in [-0.39, 0.29) is 5.88 Å². The van der Waals surface area contributed by atoms with Crippen molar-refractivity contribution in [1.29, 1.82) is 0 Å². The van der Waals surface area contributed by atoms with Crippen LogP contribution in [0.3, 0.4) is 0 Å². The van der Waals surface area contributed by atoms with Crippen LogP contribution in [0.15, 0.2) is 29.6 Å². The molecule has 0 fully saturated rings. The van der Waals surface area contributed by atoms with Gasteiger partial charge >= 0.3 is 0 Å². The number of hydrogen-bond donors (Lipinski definition) is 2. The van der Waals surface area contributed by atoms with Crippen molar-refractivity contribution >= 4 is 33.0 Å².